The van der Waals surface area contributed by atoms with Crippen LogP contribution in [0.15, 0.2) is 24.3 Å². The third-order valence-corrected chi connectivity index (χ3v) is 4.20. The van der Waals surface area contributed by atoms with Crippen LogP contribution in [0.5, 0.6) is 0 Å². The Morgan fingerprint density at radius 1 is 1.14 bits per heavy atom. The monoisotopic (exact) mass is 293 g/mol. The Bertz CT molecular complexity index is 442. The Balaban J connectivity index is 1.67. The molecule has 1 aliphatic rings. The zero-order chi connectivity index (χ0) is 14.9. The zero-order valence-corrected chi connectivity index (χ0v) is 12.6. The van der Waals surface area contributed by atoms with Gasteiger partial charge in [-0.05, 0) is 37.8 Å². The Morgan fingerprint density at radius 3 is 2.52 bits per heavy atom. The van der Waals surface area contributed by atoms with E-state index in [1.54, 1.807) is 12.1 Å². The van der Waals surface area contributed by atoms with Gasteiger partial charge in [0.05, 0.1) is 24.7 Å². The van der Waals surface area contributed by atoms with Gasteiger partial charge in [0.15, 0.2) is 0 Å². The summed E-state index contributed by atoms with van der Waals surface area (Å²) in [7, 11) is 0. The summed E-state index contributed by atoms with van der Waals surface area (Å²) in [5.41, 5.74) is 0.128. The van der Waals surface area contributed by atoms with Gasteiger partial charge in [-0.15, -0.1) is 0 Å². The van der Waals surface area contributed by atoms with Crippen molar-refractivity contribution in [2.24, 2.45) is 0 Å². The molecule has 1 fully saturated rings. The average Bonchev–Trinajstić information content (AvgIpc) is 2.45. The molecule has 2 rings (SSSR count). The Morgan fingerprint density at radius 2 is 1.81 bits per heavy atom. The molecule has 4 heteroatoms. The van der Waals surface area contributed by atoms with Gasteiger partial charge >= 0.3 is 0 Å². The number of carbonyl (C=O) groups is 1. The number of halogens is 1. The first-order valence-electron chi connectivity index (χ1n) is 8.13. The SMILES string of the molecule is O=C(NCC[NH2+]C1CCCCCCC1)c1ccccc1F. The van der Waals surface area contributed by atoms with Crippen LogP contribution >= 0.6 is 0 Å². The lowest BCUT2D eigenvalue weighted by Gasteiger charge is -2.18. The summed E-state index contributed by atoms with van der Waals surface area (Å²) in [6, 6.07) is 6.79. The molecule has 116 valence electrons. The van der Waals surface area contributed by atoms with Gasteiger partial charge in [-0.3, -0.25) is 4.79 Å². The fraction of sp³-hybridized carbons (Fsp3) is 0.588. The molecule has 1 aromatic carbocycles. The van der Waals surface area contributed by atoms with Crippen LogP contribution in [0.3, 0.4) is 0 Å². The van der Waals surface area contributed by atoms with E-state index in [1.165, 1.54) is 57.1 Å². The molecule has 0 unspecified atom stereocenters. The number of rotatable bonds is 5. The van der Waals surface area contributed by atoms with Gasteiger partial charge in [0.2, 0.25) is 0 Å². The normalized spacial score (nSPS) is 17.0. The minimum absolute atomic E-state index is 0.128. The summed E-state index contributed by atoms with van der Waals surface area (Å²) in [6.45, 7) is 1.45. The van der Waals surface area contributed by atoms with Gasteiger partial charge in [0.1, 0.15) is 5.82 Å². The van der Waals surface area contributed by atoms with E-state index >= 15 is 0 Å². The maximum absolute atomic E-state index is 13.5. The van der Waals surface area contributed by atoms with E-state index in [1.807, 2.05) is 0 Å². The minimum atomic E-state index is -0.459. The molecule has 1 amide bonds. The van der Waals surface area contributed by atoms with E-state index in [9.17, 15) is 9.18 Å². The number of nitrogens with two attached hydrogens (primary N) is 1. The van der Waals surface area contributed by atoms with Crippen LogP contribution in [0.4, 0.5) is 4.39 Å². The molecule has 3 nitrogen and oxygen atoms in total. The second-order valence-electron chi connectivity index (χ2n) is 5.87. The van der Waals surface area contributed by atoms with Crippen LogP contribution in [0.1, 0.15) is 55.3 Å². The van der Waals surface area contributed by atoms with Crippen LogP contribution in [0.2, 0.25) is 0 Å². The lowest BCUT2D eigenvalue weighted by molar-refractivity contribution is -0.689. The number of nitrogens with one attached hydrogen (secondary N) is 1. The molecule has 0 radical (unpaired) electrons. The number of hydrogen-bond acceptors (Lipinski definition) is 1. The lowest BCUT2D eigenvalue weighted by Crippen LogP contribution is -2.91. The Kier molecular flexibility index (Phi) is 6.67. The van der Waals surface area contributed by atoms with Crippen molar-refractivity contribution >= 4 is 5.91 Å². The molecule has 1 saturated carbocycles. The quantitative estimate of drug-likeness (QED) is 0.804. The number of benzene rings is 1. The van der Waals surface area contributed by atoms with Gasteiger partial charge in [0, 0.05) is 0 Å². The zero-order valence-electron chi connectivity index (χ0n) is 12.6. The van der Waals surface area contributed by atoms with E-state index < -0.39 is 5.82 Å². The molecule has 0 aliphatic heterocycles. The number of hydrogen-bond donors (Lipinski definition) is 2. The standard InChI is InChI=1S/C17H25FN2O/c18-16-11-7-6-10-15(16)17(21)20-13-12-19-14-8-4-2-1-3-5-9-14/h6-7,10-11,14,19H,1-5,8-9,12-13H2,(H,20,21)/p+1. The maximum Gasteiger partial charge on any atom is 0.254 e. The second-order valence-corrected chi connectivity index (χ2v) is 5.87. The van der Waals surface area contributed by atoms with Crippen LogP contribution in [-0.2, 0) is 0 Å². The third-order valence-electron chi connectivity index (χ3n) is 4.20. The fourth-order valence-electron chi connectivity index (χ4n) is 2.97. The van der Waals surface area contributed by atoms with Crippen LogP contribution in [0, 0.1) is 5.82 Å². The number of quaternary nitrogens is 1. The van der Waals surface area contributed by atoms with Gasteiger partial charge < -0.3 is 10.6 Å². The highest BCUT2D eigenvalue weighted by molar-refractivity contribution is 5.94. The molecule has 1 aromatic rings. The summed E-state index contributed by atoms with van der Waals surface area (Å²) in [5.74, 6) is -0.779. The van der Waals surface area contributed by atoms with Crippen LogP contribution < -0.4 is 10.6 Å². The molecule has 1 aliphatic carbocycles. The highest BCUT2D eigenvalue weighted by Gasteiger charge is 2.14. The first kappa shape index (κ1) is 16.0. The second kappa shape index (κ2) is 8.78. The van der Waals surface area contributed by atoms with E-state index in [0.29, 0.717) is 12.6 Å². The Labute approximate surface area is 126 Å². The van der Waals surface area contributed by atoms with Crippen molar-refractivity contribution in [1.29, 1.82) is 0 Å². The van der Waals surface area contributed by atoms with E-state index in [4.69, 9.17) is 0 Å². The summed E-state index contributed by atoms with van der Waals surface area (Å²) in [5, 5.41) is 5.14. The smallest absolute Gasteiger partial charge is 0.254 e. The predicted molar refractivity (Wildman–Crippen MR) is 81.6 cm³/mol. The molecule has 0 atom stereocenters. The van der Waals surface area contributed by atoms with Crippen molar-refractivity contribution in [2.75, 3.05) is 13.1 Å². The molecule has 3 N–H and O–H groups in total. The largest absolute Gasteiger partial charge is 0.346 e. The molecule has 0 bridgehead atoms. The topological polar surface area (TPSA) is 45.7 Å². The average molecular weight is 293 g/mol. The molecule has 0 spiro atoms. The molecule has 0 saturated heterocycles. The van der Waals surface area contributed by atoms with Crippen LogP contribution in [0.25, 0.3) is 0 Å². The third kappa shape index (κ3) is 5.46. The van der Waals surface area contributed by atoms with Crippen molar-refractivity contribution in [2.45, 2.75) is 51.0 Å². The van der Waals surface area contributed by atoms with E-state index in [0.717, 1.165) is 6.54 Å². The van der Waals surface area contributed by atoms with Gasteiger partial charge in [-0.1, -0.05) is 31.4 Å². The van der Waals surface area contributed by atoms with Crippen molar-refractivity contribution < 1.29 is 14.5 Å². The first-order valence-corrected chi connectivity index (χ1v) is 8.13. The molecular formula is C17H26FN2O+. The Hall–Kier alpha value is -1.42. The van der Waals surface area contributed by atoms with Crippen molar-refractivity contribution in [3.8, 4) is 0 Å². The van der Waals surface area contributed by atoms with E-state index in [-0.39, 0.29) is 11.5 Å². The molecule has 21 heavy (non-hydrogen) atoms. The first-order chi connectivity index (χ1) is 10.3. The summed E-state index contributed by atoms with van der Waals surface area (Å²) in [4.78, 5) is 11.9. The minimum Gasteiger partial charge on any atom is -0.346 e. The maximum atomic E-state index is 13.5. The number of amides is 1. The van der Waals surface area contributed by atoms with Gasteiger partial charge in [-0.2, -0.15) is 0 Å². The highest BCUT2D eigenvalue weighted by atomic mass is 19.1. The molecule has 0 aromatic heterocycles. The summed E-state index contributed by atoms with van der Waals surface area (Å²) >= 11 is 0. The molecule has 0 heterocycles. The van der Waals surface area contributed by atoms with Gasteiger partial charge in [-0.25, -0.2) is 4.39 Å². The van der Waals surface area contributed by atoms with E-state index in [2.05, 4.69) is 10.6 Å². The molecular weight excluding hydrogens is 267 g/mol. The van der Waals surface area contributed by atoms with Crippen molar-refractivity contribution in [3.05, 3.63) is 35.6 Å². The van der Waals surface area contributed by atoms with Gasteiger partial charge in [0.25, 0.3) is 5.91 Å². The van der Waals surface area contributed by atoms with Crippen molar-refractivity contribution in [3.63, 3.8) is 0 Å². The van der Waals surface area contributed by atoms with Crippen molar-refractivity contribution in [1.82, 2.24) is 5.32 Å². The summed E-state index contributed by atoms with van der Waals surface area (Å²) < 4.78 is 13.5. The highest BCUT2D eigenvalue weighted by Crippen LogP contribution is 2.14. The number of carbonyl (C=O) groups excluding carboxylic acids is 1. The fourth-order valence-corrected chi connectivity index (χ4v) is 2.97. The summed E-state index contributed by atoms with van der Waals surface area (Å²) in [6.07, 6.45) is 9.29. The van der Waals surface area contributed by atoms with Crippen LogP contribution in [-0.4, -0.2) is 25.0 Å². The predicted octanol–water partition coefficient (Wildman–Crippen LogP) is 2.23. The lowest BCUT2D eigenvalue weighted by atomic mass is 9.97.